The first-order valence-electron chi connectivity index (χ1n) is 23.8. The van der Waals surface area contributed by atoms with Crippen LogP contribution in [0.3, 0.4) is 0 Å². The van der Waals surface area contributed by atoms with Crippen molar-refractivity contribution in [2.75, 3.05) is 0 Å². The number of fused-ring (bicyclic) bond motifs is 6. The summed E-state index contributed by atoms with van der Waals surface area (Å²) in [6.07, 6.45) is 0. The molecule has 13 rings (SSSR count). The lowest BCUT2D eigenvalue weighted by molar-refractivity contribution is 1.06. The van der Waals surface area contributed by atoms with E-state index in [9.17, 15) is 10.5 Å². The number of para-hydroxylation sites is 3. The number of rotatable bonds is 8. The van der Waals surface area contributed by atoms with Crippen LogP contribution in [-0.4, -0.2) is 24.1 Å². The van der Waals surface area contributed by atoms with Gasteiger partial charge in [0.05, 0.1) is 56.7 Å². The van der Waals surface area contributed by atoms with E-state index in [2.05, 4.69) is 149 Å². The molecule has 7 heteroatoms. The maximum Gasteiger partial charge on any atom is 0.166 e. The van der Waals surface area contributed by atoms with Crippen LogP contribution in [0.4, 0.5) is 0 Å². The predicted octanol–water partition coefficient (Wildman–Crippen LogP) is 15.8. The van der Waals surface area contributed by atoms with Gasteiger partial charge >= 0.3 is 0 Å². The summed E-state index contributed by atoms with van der Waals surface area (Å²) < 4.78 is 4.67. The third-order valence-corrected chi connectivity index (χ3v) is 13.7. The normalized spacial score (nSPS) is 11.3. The molecule has 0 spiro atoms. The highest BCUT2D eigenvalue weighted by Crippen LogP contribution is 2.43. The second-order valence-corrected chi connectivity index (χ2v) is 17.8. The van der Waals surface area contributed by atoms with Gasteiger partial charge in [0, 0.05) is 43.8 Å². The maximum absolute atomic E-state index is 10.1. The first kappa shape index (κ1) is 41.9. The Morgan fingerprint density at radius 3 is 1.19 bits per heavy atom. The number of nitriles is 2. The van der Waals surface area contributed by atoms with Gasteiger partial charge in [-0.15, -0.1) is 0 Å². The average Bonchev–Trinajstić information content (AvgIpc) is 3.97. The second kappa shape index (κ2) is 17.4. The van der Waals surface area contributed by atoms with E-state index in [-0.39, 0.29) is 0 Å². The van der Waals surface area contributed by atoms with Crippen LogP contribution < -0.4 is 0 Å². The molecule has 0 aliphatic rings. The molecule has 10 aromatic carbocycles. The van der Waals surface area contributed by atoms with E-state index in [1.54, 1.807) is 0 Å². The Morgan fingerprint density at radius 1 is 0.278 bits per heavy atom. The second-order valence-electron chi connectivity index (χ2n) is 17.8. The number of benzene rings is 10. The first-order valence-corrected chi connectivity index (χ1v) is 23.8. The summed E-state index contributed by atoms with van der Waals surface area (Å²) in [6, 6.07) is 85.7. The van der Waals surface area contributed by atoms with Crippen molar-refractivity contribution < 1.29 is 0 Å². The molecule has 0 radical (unpaired) electrons. The molecule has 0 saturated carbocycles. The third kappa shape index (κ3) is 7.00. The van der Waals surface area contributed by atoms with Gasteiger partial charge in [0.2, 0.25) is 0 Å². The van der Waals surface area contributed by atoms with Gasteiger partial charge in [0.1, 0.15) is 0 Å². The minimum absolute atomic E-state index is 0.532. The molecule has 13 aromatic rings. The number of hydrogen-bond acceptors (Lipinski definition) is 5. The molecule has 0 saturated heterocycles. The lowest BCUT2D eigenvalue weighted by Gasteiger charge is -2.18. The van der Waals surface area contributed by atoms with Crippen LogP contribution in [0.5, 0.6) is 0 Å². The fourth-order valence-corrected chi connectivity index (χ4v) is 10.4. The van der Waals surface area contributed by atoms with Gasteiger partial charge in [-0.1, -0.05) is 170 Å². The van der Waals surface area contributed by atoms with Crippen LogP contribution >= 0.6 is 0 Å². The van der Waals surface area contributed by atoms with Crippen molar-refractivity contribution >= 4 is 43.6 Å². The van der Waals surface area contributed by atoms with Crippen LogP contribution in [0.2, 0.25) is 0 Å². The lowest BCUT2D eigenvalue weighted by atomic mass is 9.98. The minimum atomic E-state index is 0.532. The summed E-state index contributed by atoms with van der Waals surface area (Å²) in [5.41, 5.74) is 15.7. The number of nitrogens with zero attached hydrogens (tertiary/aromatic N) is 7. The van der Waals surface area contributed by atoms with Gasteiger partial charge in [0.15, 0.2) is 17.5 Å². The zero-order chi connectivity index (χ0) is 48.1. The molecule has 3 heterocycles. The van der Waals surface area contributed by atoms with Gasteiger partial charge in [-0.3, -0.25) is 0 Å². The van der Waals surface area contributed by atoms with Crippen molar-refractivity contribution in [2.45, 2.75) is 0 Å². The molecule has 72 heavy (non-hydrogen) atoms. The molecule has 0 bridgehead atoms. The summed E-state index contributed by atoms with van der Waals surface area (Å²) in [7, 11) is 0. The van der Waals surface area contributed by atoms with Crippen LogP contribution in [-0.2, 0) is 0 Å². The van der Waals surface area contributed by atoms with E-state index in [1.165, 1.54) is 0 Å². The van der Waals surface area contributed by atoms with E-state index in [4.69, 9.17) is 15.0 Å². The molecule has 0 N–H and O–H groups in total. The fraction of sp³-hybridized carbons (Fsp3) is 0. The van der Waals surface area contributed by atoms with E-state index in [0.717, 1.165) is 105 Å². The summed E-state index contributed by atoms with van der Waals surface area (Å²) >= 11 is 0. The minimum Gasteiger partial charge on any atom is -0.309 e. The number of hydrogen-bond donors (Lipinski definition) is 0. The van der Waals surface area contributed by atoms with E-state index in [0.29, 0.717) is 28.6 Å². The monoisotopic (exact) mass is 917 g/mol. The first-order chi connectivity index (χ1) is 35.6. The Morgan fingerprint density at radius 2 is 0.667 bits per heavy atom. The molecule has 0 aliphatic heterocycles. The molecule has 0 unspecified atom stereocenters. The Balaban J connectivity index is 1.07. The highest BCUT2D eigenvalue weighted by Gasteiger charge is 2.23. The van der Waals surface area contributed by atoms with Crippen molar-refractivity contribution in [3.8, 4) is 91.1 Å². The van der Waals surface area contributed by atoms with Gasteiger partial charge in [0.25, 0.3) is 0 Å². The molecule has 334 valence electrons. The molecular weight excluding hydrogens is 879 g/mol. The zero-order valence-electron chi connectivity index (χ0n) is 38.6. The van der Waals surface area contributed by atoms with Gasteiger partial charge in [-0.05, 0) is 94.5 Å². The lowest BCUT2D eigenvalue weighted by Crippen LogP contribution is -2.04. The summed E-state index contributed by atoms with van der Waals surface area (Å²) in [6.45, 7) is 0. The van der Waals surface area contributed by atoms with Crippen molar-refractivity contribution in [2.24, 2.45) is 0 Å². The van der Waals surface area contributed by atoms with Crippen LogP contribution in [0.15, 0.2) is 237 Å². The Labute approximate surface area is 415 Å². The topological polar surface area (TPSA) is 96.1 Å². The Hall–Kier alpha value is -10.2. The number of aromatic nitrogens is 5. The summed E-state index contributed by atoms with van der Waals surface area (Å²) in [5.74, 6) is 1.67. The molecular formula is C65H39N7. The average molecular weight is 918 g/mol. The molecule has 0 amide bonds. The molecule has 0 aliphatic carbocycles. The van der Waals surface area contributed by atoms with Crippen molar-refractivity contribution in [3.63, 3.8) is 0 Å². The molecule has 0 fully saturated rings. The predicted molar refractivity (Wildman–Crippen MR) is 291 cm³/mol. The highest BCUT2D eigenvalue weighted by molar-refractivity contribution is 6.12. The van der Waals surface area contributed by atoms with Crippen molar-refractivity contribution in [1.29, 1.82) is 10.5 Å². The van der Waals surface area contributed by atoms with Crippen molar-refractivity contribution in [1.82, 2.24) is 24.1 Å². The standard InChI is InChI=1S/C65H39N7/c66-40-47-21-7-9-23-49(47)44-31-34-60-54(37-44)52-26-12-15-29-58(52)71(60)57-28-14-11-25-51(57)46-33-36-62(56(39-46)65-69-63(42-17-3-1-4-18-42)68-64(70-65)43-19-5-2-6-20-43)72-59-30-16-13-27-53(59)55-38-45(32-35-61(55)72)50-24-10-8-22-48(50)41-67/h1-39H. The van der Waals surface area contributed by atoms with Crippen LogP contribution in [0, 0.1) is 22.7 Å². The Kier molecular flexibility index (Phi) is 10.1. The van der Waals surface area contributed by atoms with Gasteiger partial charge < -0.3 is 9.13 Å². The summed E-state index contributed by atoms with van der Waals surface area (Å²) in [4.78, 5) is 15.8. The Bertz CT molecular complexity index is 4300. The summed E-state index contributed by atoms with van der Waals surface area (Å²) in [5, 5.41) is 24.5. The zero-order valence-corrected chi connectivity index (χ0v) is 38.6. The largest absolute Gasteiger partial charge is 0.309 e. The quantitative estimate of drug-likeness (QED) is 0.151. The molecule has 7 nitrogen and oxygen atoms in total. The van der Waals surface area contributed by atoms with E-state index >= 15 is 0 Å². The molecule has 3 aromatic heterocycles. The van der Waals surface area contributed by atoms with Crippen molar-refractivity contribution in [3.05, 3.63) is 248 Å². The van der Waals surface area contributed by atoms with Gasteiger partial charge in [-0.2, -0.15) is 10.5 Å². The maximum atomic E-state index is 10.1. The SMILES string of the molecule is N#Cc1ccccc1-c1ccc2c(c1)c1ccccc1n2-c1ccccc1-c1ccc(-n2c3ccccc3c3cc(-c4ccccc4C#N)ccc32)c(-c2nc(-c3ccccc3)nc(-c3ccccc3)n2)c1. The smallest absolute Gasteiger partial charge is 0.166 e. The fourth-order valence-electron chi connectivity index (χ4n) is 10.4. The van der Waals surface area contributed by atoms with E-state index < -0.39 is 0 Å². The third-order valence-electron chi connectivity index (χ3n) is 13.7. The van der Waals surface area contributed by atoms with Gasteiger partial charge in [-0.25, -0.2) is 15.0 Å². The molecule has 0 atom stereocenters. The van der Waals surface area contributed by atoms with E-state index in [1.807, 2.05) is 109 Å². The van der Waals surface area contributed by atoms with Crippen LogP contribution in [0.1, 0.15) is 11.1 Å². The highest BCUT2D eigenvalue weighted by atomic mass is 15.1. The van der Waals surface area contributed by atoms with Crippen LogP contribution in [0.25, 0.3) is 123 Å².